The van der Waals surface area contributed by atoms with E-state index in [1.165, 1.54) is 11.4 Å². The lowest BCUT2D eigenvalue weighted by atomic mass is 10.1. The lowest BCUT2D eigenvalue weighted by Gasteiger charge is -2.35. The van der Waals surface area contributed by atoms with Gasteiger partial charge in [0.2, 0.25) is 0 Å². The summed E-state index contributed by atoms with van der Waals surface area (Å²) in [6.45, 7) is 8.26. The number of carbonyl (C=O) groups is 1. The zero-order chi connectivity index (χ0) is 15.1. The molecule has 0 fully saturated rings. The average Bonchev–Trinajstić information content (AvgIpc) is 3.03. The maximum absolute atomic E-state index is 12.9. The number of nitrogens with zero attached hydrogens (tertiary/aromatic N) is 4. The first kappa shape index (κ1) is 13.7. The van der Waals surface area contributed by atoms with Gasteiger partial charge in [0.25, 0.3) is 5.91 Å². The van der Waals surface area contributed by atoms with Crippen LogP contribution in [0.4, 0.5) is 5.69 Å². The first-order chi connectivity index (χ1) is 10.0. The van der Waals surface area contributed by atoms with Crippen LogP contribution in [0, 0.1) is 6.92 Å². The molecule has 0 saturated carbocycles. The molecule has 112 valence electrons. The molecule has 3 rings (SSSR count). The predicted molar refractivity (Wildman–Crippen MR) is 80.9 cm³/mol. The first-order valence-electron chi connectivity index (χ1n) is 7.32. The SMILES string of the molecule is CCn1ncc(N)c1C(=O)N1CCn2c(C)ccc2C1C. The minimum absolute atomic E-state index is 0.0375. The standard InChI is InChI=1S/C15H21N5O/c1-4-20-14(12(16)9-17-20)15(21)19-8-7-18-10(2)5-6-13(18)11(19)3/h5-6,9,11H,4,7-8,16H2,1-3H3. The summed E-state index contributed by atoms with van der Waals surface area (Å²) in [5.41, 5.74) is 9.30. The van der Waals surface area contributed by atoms with E-state index in [4.69, 9.17) is 5.73 Å². The van der Waals surface area contributed by atoms with Crippen LogP contribution in [0.5, 0.6) is 0 Å². The second kappa shape index (κ2) is 4.95. The Bertz CT molecular complexity index is 684. The van der Waals surface area contributed by atoms with Crippen LogP contribution >= 0.6 is 0 Å². The molecule has 1 unspecified atom stereocenters. The average molecular weight is 287 g/mol. The largest absolute Gasteiger partial charge is 0.396 e. The lowest BCUT2D eigenvalue weighted by Crippen LogP contribution is -2.42. The molecule has 1 atom stereocenters. The number of nitrogen functional groups attached to an aromatic ring is 1. The van der Waals surface area contributed by atoms with Crippen LogP contribution in [0.2, 0.25) is 0 Å². The van der Waals surface area contributed by atoms with Crippen molar-refractivity contribution in [3.8, 4) is 0 Å². The van der Waals surface area contributed by atoms with E-state index in [0.29, 0.717) is 24.5 Å². The van der Waals surface area contributed by atoms with Crippen LogP contribution in [0.15, 0.2) is 18.3 Å². The summed E-state index contributed by atoms with van der Waals surface area (Å²) < 4.78 is 3.94. The summed E-state index contributed by atoms with van der Waals surface area (Å²) in [5, 5.41) is 4.16. The van der Waals surface area contributed by atoms with Gasteiger partial charge in [0, 0.05) is 31.0 Å². The lowest BCUT2D eigenvalue weighted by molar-refractivity contribution is 0.0631. The highest BCUT2D eigenvalue weighted by Crippen LogP contribution is 2.29. The summed E-state index contributed by atoms with van der Waals surface area (Å²) in [4.78, 5) is 14.7. The van der Waals surface area contributed by atoms with Gasteiger partial charge >= 0.3 is 0 Å². The van der Waals surface area contributed by atoms with Gasteiger partial charge in [-0.2, -0.15) is 5.10 Å². The number of anilines is 1. The van der Waals surface area contributed by atoms with Gasteiger partial charge in [-0.15, -0.1) is 0 Å². The fraction of sp³-hybridized carbons (Fsp3) is 0.467. The van der Waals surface area contributed by atoms with Crippen molar-refractivity contribution in [3.63, 3.8) is 0 Å². The summed E-state index contributed by atoms with van der Waals surface area (Å²) in [7, 11) is 0. The van der Waals surface area contributed by atoms with Crippen LogP contribution in [-0.2, 0) is 13.1 Å². The zero-order valence-electron chi connectivity index (χ0n) is 12.7. The first-order valence-corrected chi connectivity index (χ1v) is 7.32. The number of aromatic nitrogens is 3. The minimum atomic E-state index is -0.0375. The molecule has 1 amide bonds. The third-order valence-corrected chi connectivity index (χ3v) is 4.32. The second-order valence-corrected chi connectivity index (χ2v) is 5.49. The second-order valence-electron chi connectivity index (χ2n) is 5.49. The molecule has 1 aliphatic rings. The van der Waals surface area contributed by atoms with Crippen molar-refractivity contribution in [2.24, 2.45) is 0 Å². The van der Waals surface area contributed by atoms with E-state index >= 15 is 0 Å². The monoisotopic (exact) mass is 287 g/mol. The molecule has 0 radical (unpaired) electrons. The third-order valence-electron chi connectivity index (χ3n) is 4.32. The van der Waals surface area contributed by atoms with Crippen molar-refractivity contribution in [1.82, 2.24) is 19.2 Å². The minimum Gasteiger partial charge on any atom is -0.396 e. The van der Waals surface area contributed by atoms with E-state index in [-0.39, 0.29) is 11.9 Å². The van der Waals surface area contributed by atoms with E-state index in [1.54, 1.807) is 10.9 Å². The van der Waals surface area contributed by atoms with Gasteiger partial charge < -0.3 is 15.2 Å². The fourth-order valence-electron chi connectivity index (χ4n) is 3.11. The van der Waals surface area contributed by atoms with Gasteiger partial charge in [0.1, 0.15) is 5.69 Å². The van der Waals surface area contributed by atoms with Crippen molar-refractivity contribution in [1.29, 1.82) is 0 Å². The van der Waals surface area contributed by atoms with Crippen LogP contribution in [0.1, 0.15) is 41.8 Å². The summed E-state index contributed by atoms with van der Waals surface area (Å²) >= 11 is 0. The molecule has 1 aliphatic heterocycles. The van der Waals surface area contributed by atoms with Crippen molar-refractivity contribution < 1.29 is 4.79 Å². The quantitative estimate of drug-likeness (QED) is 0.916. The third kappa shape index (κ3) is 2.02. The molecule has 0 saturated heterocycles. The maximum Gasteiger partial charge on any atom is 0.274 e. The number of carbonyl (C=O) groups excluding carboxylic acids is 1. The Hall–Kier alpha value is -2.24. The van der Waals surface area contributed by atoms with E-state index in [2.05, 4.69) is 35.6 Å². The predicted octanol–water partition coefficient (Wildman–Crippen LogP) is 1.81. The number of amides is 1. The van der Waals surface area contributed by atoms with Crippen LogP contribution < -0.4 is 5.73 Å². The highest BCUT2D eigenvalue weighted by molar-refractivity contribution is 5.97. The van der Waals surface area contributed by atoms with Crippen LogP contribution in [-0.4, -0.2) is 31.7 Å². The van der Waals surface area contributed by atoms with Gasteiger partial charge in [0.15, 0.2) is 0 Å². The molecule has 0 bridgehead atoms. The van der Waals surface area contributed by atoms with Crippen LogP contribution in [0.3, 0.4) is 0 Å². The van der Waals surface area contributed by atoms with Gasteiger partial charge in [-0.3, -0.25) is 9.48 Å². The number of aryl methyl sites for hydroxylation is 2. The summed E-state index contributed by atoms with van der Waals surface area (Å²) in [6, 6.07) is 4.24. The molecule has 21 heavy (non-hydrogen) atoms. The van der Waals surface area contributed by atoms with Gasteiger partial charge in [-0.1, -0.05) is 0 Å². The van der Waals surface area contributed by atoms with Crippen molar-refractivity contribution in [2.75, 3.05) is 12.3 Å². The van der Waals surface area contributed by atoms with Crippen LogP contribution in [0.25, 0.3) is 0 Å². The van der Waals surface area contributed by atoms with Crippen molar-refractivity contribution >= 4 is 11.6 Å². The van der Waals surface area contributed by atoms with Crippen molar-refractivity contribution in [3.05, 3.63) is 35.4 Å². The molecule has 2 aromatic rings. The molecule has 0 aromatic carbocycles. The number of hydrogen-bond acceptors (Lipinski definition) is 3. The molecule has 6 heteroatoms. The molecule has 6 nitrogen and oxygen atoms in total. The van der Waals surface area contributed by atoms with E-state index in [1.807, 2.05) is 11.8 Å². The molecule has 0 spiro atoms. The van der Waals surface area contributed by atoms with E-state index < -0.39 is 0 Å². The Labute approximate surface area is 124 Å². The number of hydrogen-bond donors (Lipinski definition) is 1. The topological polar surface area (TPSA) is 69.1 Å². The Morgan fingerprint density at radius 3 is 2.90 bits per heavy atom. The Morgan fingerprint density at radius 2 is 2.19 bits per heavy atom. The van der Waals surface area contributed by atoms with Gasteiger partial charge in [-0.25, -0.2) is 0 Å². The van der Waals surface area contributed by atoms with E-state index in [9.17, 15) is 4.79 Å². The zero-order valence-corrected chi connectivity index (χ0v) is 12.7. The Kier molecular flexibility index (Phi) is 3.23. The fourth-order valence-corrected chi connectivity index (χ4v) is 3.11. The van der Waals surface area contributed by atoms with Gasteiger partial charge in [0.05, 0.1) is 17.9 Å². The Balaban J connectivity index is 1.95. The highest BCUT2D eigenvalue weighted by Gasteiger charge is 2.31. The maximum atomic E-state index is 12.9. The van der Waals surface area contributed by atoms with E-state index in [0.717, 1.165) is 6.54 Å². The highest BCUT2D eigenvalue weighted by atomic mass is 16.2. The molecule has 2 N–H and O–H groups in total. The number of nitrogens with two attached hydrogens (primary N) is 1. The molecular weight excluding hydrogens is 266 g/mol. The van der Waals surface area contributed by atoms with Gasteiger partial charge in [-0.05, 0) is 32.9 Å². The molecule has 3 heterocycles. The molecular formula is C15H21N5O. The normalized spacial score (nSPS) is 17.9. The summed E-state index contributed by atoms with van der Waals surface area (Å²) in [6.07, 6.45) is 1.55. The molecule has 2 aromatic heterocycles. The number of fused-ring (bicyclic) bond motifs is 1. The number of rotatable bonds is 2. The smallest absolute Gasteiger partial charge is 0.274 e. The summed E-state index contributed by atoms with van der Waals surface area (Å²) in [5.74, 6) is -0.0375. The Morgan fingerprint density at radius 1 is 1.43 bits per heavy atom. The molecule has 0 aliphatic carbocycles. The van der Waals surface area contributed by atoms with Crippen molar-refractivity contribution in [2.45, 2.75) is 39.9 Å².